The van der Waals surface area contributed by atoms with Gasteiger partial charge in [0.2, 0.25) is 5.95 Å². The van der Waals surface area contributed by atoms with Crippen molar-refractivity contribution in [2.24, 2.45) is 0 Å². The molecule has 0 aliphatic carbocycles. The first-order chi connectivity index (χ1) is 17.6. The molecule has 4 aromatic rings. The van der Waals surface area contributed by atoms with E-state index in [9.17, 15) is 4.79 Å². The van der Waals surface area contributed by atoms with Gasteiger partial charge in [0.25, 0.3) is 5.91 Å². The molecule has 0 fully saturated rings. The van der Waals surface area contributed by atoms with Crippen LogP contribution >= 0.6 is 0 Å². The molecule has 0 saturated heterocycles. The summed E-state index contributed by atoms with van der Waals surface area (Å²) in [6.45, 7) is 2.71. The summed E-state index contributed by atoms with van der Waals surface area (Å²) in [7, 11) is 1.60. The zero-order valence-electron chi connectivity index (χ0n) is 20.1. The average Bonchev–Trinajstić information content (AvgIpc) is 3.39. The lowest BCUT2D eigenvalue weighted by molar-refractivity contribution is -0.118. The topological polar surface area (TPSA) is 90.3 Å². The van der Waals surface area contributed by atoms with Gasteiger partial charge in [-0.2, -0.15) is 10.1 Å². The molecule has 0 saturated carbocycles. The highest BCUT2D eigenvalue weighted by Gasteiger charge is 2.33. The number of hydrogen-bond acceptors (Lipinski definition) is 6. The number of allylic oxidation sites excluding steroid dienone is 1. The van der Waals surface area contributed by atoms with Crippen molar-refractivity contribution in [2.75, 3.05) is 12.4 Å². The number of benzene rings is 3. The van der Waals surface area contributed by atoms with Crippen molar-refractivity contribution in [1.29, 1.82) is 0 Å². The number of rotatable bonds is 8. The molecule has 182 valence electrons. The van der Waals surface area contributed by atoms with Crippen LogP contribution in [0, 0.1) is 0 Å². The number of nitrogens with zero attached hydrogens (tertiary/aromatic N) is 3. The van der Waals surface area contributed by atoms with Gasteiger partial charge in [-0.15, -0.1) is 0 Å². The van der Waals surface area contributed by atoms with Crippen LogP contribution in [0.4, 0.5) is 5.95 Å². The van der Waals surface area contributed by atoms with E-state index in [4.69, 9.17) is 9.47 Å². The molecule has 1 aromatic heterocycles. The van der Waals surface area contributed by atoms with E-state index < -0.39 is 6.04 Å². The number of aromatic nitrogens is 3. The van der Waals surface area contributed by atoms with E-state index >= 15 is 0 Å². The molecule has 2 heterocycles. The molecular formula is C28H27N5O3. The largest absolute Gasteiger partial charge is 0.493 e. The first-order valence-corrected chi connectivity index (χ1v) is 11.7. The van der Waals surface area contributed by atoms with Crippen molar-refractivity contribution in [3.05, 3.63) is 113 Å². The highest BCUT2D eigenvalue weighted by molar-refractivity contribution is 5.96. The Balaban J connectivity index is 1.44. The summed E-state index contributed by atoms with van der Waals surface area (Å²) in [5.41, 5.74) is 4.19. The number of methoxy groups -OCH3 is 1. The minimum Gasteiger partial charge on any atom is -0.493 e. The summed E-state index contributed by atoms with van der Waals surface area (Å²) in [6.07, 6.45) is 1.47. The minimum absolute atomic E-state index is 0.182. The number of carbonyl (C=O) groups excluding carboxylic acids is 1. The molecule has 0 unspecified atom stereocenters. The molecule has 1 aliphatic heterocycles. The Morgan fingerprint density at radius 1 is 1.00 bits per heavy atom. The molecule has 1 amide bonds. The van der Waals surface area contributed by atoms with Gasteiger partial charge >= 0.3 is 0 Å². The van der Waals surface area contributed by atoms with Crippen molar-refractivity contribution in [3.8, 4) is 11.5 Å². The predicted octanol–water partition coefficient (Wildman–Crippen LogP) is 4.47. The number of amides is 1. The van der Waals surface area contributed by atoms with Crippen LogP contribution in [0.25, 0.3) is 0 Å². The highest BCUT2D eigenvalue weighted by Crippen LogP contribution is 2.38. The van der Waals surface area contributed by atoms with E-state index in [1.807, 2.05) is 85.8 Å². The Hall–Kier alpha value is -4.59. The molecule has 0 radical (unpaired) electrons. The molecule has 0 spiro atoms. The second kappa shape index (κ2) is 10.4. The van der Waals surface area contributed by atoms with Gasteiger partial charge in [-0.3, -0.25) is 4.79 Å². The van der Waals surface area contributed by atoms with Crippen molar-refractivity contribution in [1.82, 2.24) is 20.1 Å². The van der Waals surface area contributed by atoms with Crippen molar-refractivity contribution < 1.29 is 14.3 Å². The summed E-state index contributed by atoms with van der Waals surface area (Å²) in [6, 6.07) is 25.0. The third-order valence-electron chi connectivity index (χ3n) is 6.08. The van der Waals surface area contributed by atoms with E-state index in [1.165, 1.54) is 6.33 Å². The summed E-state index contributed by atoms with van der Waals surface area (Å²) in [4.78, 5) is 17.8. The fraction of sp³-hybridized carbons (Fsp3) is 0.179. The van der Waals surface area contributed by atoms with Gasteiger partial charge in [0, 0.05) is 12.2 Å². The SMILES string of the molecule is COc1cc([C@H]2C(C(=O)NCc3ccccc3)=C(C)Nc3ncnn32)ccc1OCc1ccccc1. The second-order valence-electron chi connectivity index (χ2n) is 8.45. The molecule has 8 nitrogen and oxygen atoms in total. The maximum atomic E-state index is 13.5. The lowest BCUT2D eigenvalue weighted by Gasteiger charge is -2.29. The number of carbonyl (C=O) groups is 1. The second-order valence-corrected chi connectivity index (χ2v) is 8.45. The lowest BCUT2D eigenvalue weighted by Crippen LogP contribution is -2.34. The van der Waals surface area contributed by atoms with Gasteiger partial charge in [-0.1, -0.05) is 66.7 Å². The van der Waals surface area contributed by atoms with Crippen LogP contribution in [0.1, 0.15) is 29.7 Å². The van der Waals surface area contributed by atoms with Gasteiger partial charge < -0.3 is 20.1 Å². The summed E-state index contributed by atoms with van der Waals surface area (Å²) in [5, 5.41) is 10.7. The predicted molar refractivity (Wildman–Crippen MR) is 137 cm³/mol. The van der Waals surface area contributed by atoms with Crippen LogP contribution in [-0.4, -0.2) is 27.8 Å². The first kappa shape index (κ1) is 23.2. The zero-order valence-corrected chi connectivity index (χ0v) is 20.1. The van der Waals surface area contributed by atoms with Gasteiger partial charge in [-0.25, -0.2) is 4.68 Å². The van der Waals surface area contributed by atoms with E-state index in [-0.39, 0.29) is 5.91 Å². The maximum Gasteiger partial charge on any atom is 0.251 e. The quantitative estimate of drug-likeness (QED) is 0.386. The number of ether oxygens (including phenoxy) is 2. The molecule has 1 atom stereocenters. The number of fused-ring (bicyclic) bond motifs is 1. The van der Waals surface area contributed by atoms with E-state index in [1.54, 1.807) is 11.8 Å². The molecular weight excluding hydrogens is 454 g/mol. The minimum atomic E-state index is -0.489. The van der Waals surface area contributed by atoms with Gasteiger partial charge in [0.1, 0.15) is 19.0 Å². The van der Waals surface area contributed by atoms with Crippen molar-refractivity contribution >= 4 is 11.9 Å². The van der Waals surface area contributed by atoms with Gasteiger partial charge in [0.15, 0.2) is 11.5 Å². The van der Waals surface area contributed by atoms with Crippen molar-refractivity contribution in [3.63, 3.8) is 0 Å². The Labute approximate surface area is 209 Å². The normalized spacial score (nSPS) is 14.6. The summed E-state index contributed by atoms with van der Waals surface area (Å²) >= 11 is 0. The van der Waals surface area contributed by atoms with Gasteiger partial charge in [0.05, 0.1) is 12.7 Å². The Kier molecular flexibility index (Phi) is 6.66. The maximum absolute atomic E-state index is 13.5. The van der Waals surface area contributed by atoms with E-state index in [0.29, 0.717) is 36.2 Å². The molecule has 5 rings (SSSR count). The Bertz CT molecular complexity index is 1380. The highest BCUT2D eigenvalue weighted by atomic mass is 16.5. The zero-order chi connectivity index (χ0) is 24.9. The van der Waals surface area contributed by atoms with Crippen LogP contribution in [0.2, 0.25) is 0 Å². The standard InChI is InChI=1S/C28H27N5O3/c1-19-25(27(34)29-16-20-9-5-3-6-10-20)26(33-28(32-19)30-18-31-33)22-13-14-23(24(15-22)35-2)36-17-21-11-7-4-8-12-21/h3-15,18,26H,16-17H2,1-2H3,(H,29,34)(H,30,31,32)/t26-/m0/s1. The van der Waals surface area contributed by atoms with Gasteiger partial charge in [-0.05, 0) is 35.7 Å². The van der Waals surface area contributed by atoms with Crippen LogP contribution in [0.15, 0.2) is 96.5 Å². The first-order valence-electron chi connectivity index (χ1n) is 11.7. The van der Waals surface area contributed by atoms with E-state index in [2.05, 4.69) is 20.7 Å². The number of nitrogens with one attached hydrogen (secondary N) is 2. The molecule has 0 bridgehead atoms. The fourth-order valence-corrected chi connectivity index (χ4v) is 4.28. The monoisotopic (exact) mass is 481 g/mol. The number of anilines is 1. The van der Waals surface area contributed by atoms with Crippen LogP contribution in [0.5, 0.6) is 11.5 Å². The molecule has 1 aliphatic rings. The third-order valence-corrected chi connectivity index (χ3v) is 6.08. The molecule has 2 N–H and O–H groups in total. The smallest absolute Gasteiger partial charge is 0.251 e. The van der Waals surface area contributed by atoms with E-state index in [0.717, 1.165) is 22.4 Å². The average molecular weight is 482 g/mol. The fourth-order valence-electron chi connectivity index (χ4n) is 4.28. The van der Waals surface area contributed by atoms with Crippen LogP contribution in [-0.2, 0) is 17.9 Å². The molecule has 3 aromatic carbocycles. The molecule has 8 heteroatoms. The lowest BCUT2D eigenvalue weighted by atomic mass is 9.94. The number of hydrogen-bond donors (Lipinski definition) is 2. The summed E-state index contributed by atoms with van der Waals surface area (Å²) < 4.78 is 13.4. The Morgan fingerprint density at radius 3 is 2.44 bits per heavy atom. The third kappa shape index (κ3) is 4.79. The molecule has 36 heavy (non-hydrogen) atoms. The van der Waals surface area contributed by atoms with Crippen LogP contribution < -0.4 is 20.1 Å². The van der Waals surface area contributed by atoms with Crippen molar-refractivity contribution in [2.45, 2.75) is 26.1 Å². The Morgan fingerprint density at radius 2 is 1.72 bits per heavy atom. The van der Waals surface area contributed by atoms with Crippen LogP contribution in [0.3, 0.4) is 0 Å². The summed E-state index contributed by atoms with van der Waals surface area (Å²) in [5.74, 6) is 1.58.